The largest absolute Gasteiger partial charge is 0.392 e. The van der Waals surface area contributed by atoms with Gasteiger partial charge >= 0.3 is 0 Å². The van der Waals surface area contributed by atoms with Crippen molar-refractivity contribution in [3.8, 4) is 0 Å². The summed E-state index contributed by atoms with van der Waals surface area (Å²) < 4.78 is 0. The highest BCUT2D eigenvalue weighted by atomic mass is 16.3. The molecule has 264 valence electrons. The summed E-state index contributed by atoms with van der Waals surface area (Å²) in [5.74, 6) is -1.93. The Morgan fingerprint density at radius 3 is 1.35 bits per heavy atom. The Kier molecular flexibility index (Phi) is 7.13. The smallest absolute Gasteiger partial charge is 0.221 e. The number of anilines is 6. The minimum Gasteiger partial charge on any atom is -0.392 e. The average Bonchev–Trinajstić information content (AvgIpc) is 3.09. The first-order valence-electron chi connectivity index (χ1n) is 17.7. The molecule has 0 radical (unpaired) electrons. The van der Waals surface area contributed by atoms with Gasteiger partial charge in [-0.2, -0.15) is 0 Å². The van der Waals surface area contributed by atoms with Crippen LogP contribution in [0.15, 0.2) is 72.8 Å². The van der Waals surface area contributed by atoms with Crippen molar-refractivity contribution in [2.45, 2.75) is 37.9 Å². The zero-order chi connectivity index (χ0) is 36.3. The van der Waals surface area contributed by atoms with Gasteiger partial charge in [0, 0.05) is 98.2 Å². The second kappa shape index (κ2) is 11.5. The predicted octanol–water partition coefficient (Wildman–Crippen LogP) is 6.51. The molecule has 0 atom stereocenters. The van der Waals surface area contributed by atoms with Gasteiger partial charge in [-0.3, -0.25) is 9.59 Å². The number of carbonyl (C=O) groups is 2. The summed E-state index contributed by atoms with van der Waals surface area (Å²) in [6.07, 6.45) is -2.08. The zero-order valence-electron chi connectivity index (χ0n) is 30.2. The number of amides is 2. The Bertz CT molecular complexity index is 2350. The lowest BCUT2D eigenvalue weighted by Crippen LogP contribution is -2.52. The van der Waals surface area contributed by atoms with Crippen LogP contribution in [0.4, 0.5) is 34.1 Å². The van der Waals surface area contributed by atoms with Crippen LogP contribution in [0.5, 0.6) is 0 Å². The summed E-state index contributed by atoms with van der Waals surface area (Å²) >= 11 is 0. The highest BCUT2D eigenvalue weighted by Crippen LogP contribution is 2.58. The molecule has 6 aromatic rings. The number of aliphatic hydroxyl groups excluding tert-OH is 2. The van der Waals surface area contributed by atoms with E-state index in [9.17, 15) is 19.8 Å². The highest BCUT2D eigenvalue weighted by Gasteiger charge is 2.53. The monoisotopic (exact) mass is 694 g/mol. The predicted molar refractivity (Wildman–Crippen MR) is 212 cm³/mol. The molecule has 0 saturated heterocycles. The number of rotatable bonds is 4. The van der Waals surface area contributed by atoms with Crippen LogP contribution >= 0.6 is 0 Å². The van der Waals surface area contributed by atoms with E-state index in [1.165, 1.54) is 13.8 Å². The van der Waals surface area contributed by atoms with Gasteiger partial charge in [0.25, 0.3) is 0 Å². The van der Waals surface area contributed by atoms with Gasteiger partial charge in [0.05, 0.1) is 36.9 Å². The van der Waals surface area contributed by atoms with Crippen LogP contribution in [-0.4, -0.2) is 75.8 Å². The summed E-state index contributed by atoms with van der Waals surface area (Å²) in [6.45, 7) is 4.27. The second-order valence-electron chi connectivity index (χ2n) is 14.9. The van der Waals surface area contributed by atoms with Crippen molar-refractivity contribution in [3.05, 3.63) is 83.9 Å². The molecule has 3 aliphatic rings. The van der Waals surface area contributed by atoms with Crippen molar-refractivity contribution in [3.63, 3.8) is 0 Å². The highest BCUT2D eigenvalue weighted by molar-refractivity contribution is 6.21. The molecule has 9 rings (SSSR count). The van der Waals surface area contributed by atoms with E-state index >= 15 is 0 Å². The van der Waals surface area contributed by atoms with Gasteiger partial charge in [-0.25, -0.2) is 0 Å². The third-order valence-corrected chi connectivity index (χ3v) is 11.5. The Morgan fingerprint density at radius 2 is 0.962 bits per heavy atom. The van der Waals surface area contributed by atoms with Crippen molar-refractivity contribution in [1.82, 2.24) is 0 Å². The lowest BCUT2D eigenvalue weighted by molar-refractivity contribution is -0.115. The number of nitrogens with zero attached hydrogens (tertiary/aromatic N) is 4. The molecule has 1 saturated carbocycles. The van der Waals surface area contributed by atoms with E-state index in [0.29, 0.717) is 35.8 Å². The molecular formula is C42H42N6O4. The molecule has 0 bridgehead atoms. The van der Waals surface area contributed by atoms with Gasteiger partial charge in [-0.15, -0.1) is 0 Å². The molecule has 6 aromatic carbocycles. The first kappa shape index (κ1) is 32.3. The standard InChI is InChI=1S/C42H42N6O4/c1-21(49)43-29-17-31-35-27(15-23-11-7-9-13-25(23)39(35)47(5)19-45(31)3)33(29)37-41(51)38(42(37)52)34-28-16-24-12-8-10-14-26(24)40-36(28)32(46(4)20-48(40)6)18-30(34)44-22(2)50/h7-18,37-38,41-42,51-52H,19-20H2,1-6H3,(H,43,49)(H,44,50). The van der Waals surface area contributed by atoms with Crippen LogP contribution in [-0.2, 0) is 9.59 Å². The Morgan fingerprint density at radius 1 is 0.577 bits per heavy atom. The van der Waals surface area contributed by atoms with Crippen LogP contribution in [0.2, 0.25) is 0 Å². The van der Waals surface area contributed by atoms with Crippen LogP contribution < -0.4 is 30.2 Å². The van der Waals surface area contributed by atoms with Gasteiger partial charge < -0.3 is 40.4 Å². The third-order valence-electron chi connectivity index (χ3n) is 11.5. The van der Waals surface area contributed by atoms with Crippen LogP contribution in [0.25, 0.3) is 43.1 Å². The first-order valence-corrected chi connectivity index (χ1v) is 17.7. The van der Waals surface area contributed by atoms with E-state index in [2.05, 4.69) is 80.7 Å². The average molecular weight is 695 g/mol. The van der Waals surface area contributed by atoms with E-state index < -0.39 is 24.0 Å². The Hall–Kier alpha value is -5.58. The van der Waals surface area contributed by atoms with Gasteiger partial charge in [0.15, 0.2) is 0 Å². The maximum atomic E-state index is 12.8. The molecule has 52 heavy (non-hydrogen) atoms. The molecule has 1 fully saturated rings. The first-order chi connectivity index (χ1) is 24.9. The maximum absolute atomic E-state index is 12.8. The zero-order valence-corrected chi connectivity index (χ0v) is 30.2. The van der Waals surface area contributed by atoms with E-state index in [4.69, 9.17) is 0 Å². The lowest BCUT2D eigenvalue weighted by Gasteiger charge is -2.49. The maximum Gasteiger partial charge on any atom is 0.221 e. The van der Waals surface area contributed by atoms with Crippen molar-refractivity contribution in [2.24, 2.45) is 0 Å². The summed E-state index contributed by atoms with van der Waals surface area (Å²) in [6, 6.07) is 24.7. The van der Waals surface area contributed by atoms with E-state index in [-0.39, 0.29) is 11.8 Å². The van der Waals surface area contributed by atoms with Crippen molar-refractivity contribution < 1.29 is 19.8 Å². The third kappa shape index (κ3) is 4.50. The van der Waals surface area contributed by atoms with Crippen LogP contribution in [0, 0.1) is 0 Å². The fourth-order valence-corrected chi connectivity index (χ4v) is 9.48. The number of fused-ring (bicyclic) bond motifs is 4. The van der Waals surface area contributed by atoms with E-state index in [1.807, 2.05) is 50.5 Å². The van der Waals surface area contributed by atoms with Crippen molar-refractivity contribution in [1.29, 1.82) is 0 Å². The molecule has 2 amide bonds. The number of carbonyl (C=O) groups excluding carboxylic acids is 2. The molecule has 10 heteroatoms. The quantitative estimate of drug-likeness (QED) is 0.155. The van der Waals surface area contributed by atoms with E-state index in [0.717, 1.165) is 65.8 Å². The van der Waals surface area contributed by atoms with E-state index in [1.54, 1.807) is 0 Å². The number of hydrogen-bond acceptors (Lipinski definition) is 8. The SMILES string of the molecule is CC(=O)Nc1cc2c3c(c4ccccc4cc3c1C1C(O)C(c3c(NC(C)=O)cc4c5c(c6ccccc6cc35)N(C)CN4C)C1O)N(C)CN2C. The van der Waals surface area contributed by atoms with Crippen LogP contribution in [0.1, 0.15) is 36.8 Å². The minimum absolute atomic E-state index is 0.235. The van der Waals surface area contributed by atoms with Gasteiger partial charge in [0.1, 0.15) is 0 Å². The number of nitrogens with one attached hydrogen (secondary N) is 2. The summed E-state index contributed by atoms with van der Waals surface area (Å²) in [5, 5.41) is 39.2. The molecule has 4 N–H and O–H groups in total. The molecule has 0 aromatic heterocycles. The van der Waals surface area contributed by atoms with Crippen molar-refractivity contribution >= 4 is 89.0 Å². The minimum atomic E-state index is -1.04. The number of aliphatic hydroxyl groups is 2. The Labute approximate surface area is 301 Å². The van der Waals surface area contributed by atoms with Gasteiger partial charge in [0.2, 0.25) is 11.8 Å². The summed E-state index contributed by atoms with van der Waals surface area (Å²) in [7, 11) is 8.21. The topological polar surface area (TPSA) is 112 Å². The second-order valence-corrected chi connectivity index (χ2v) is 14.9. The number of benzene rings is 6. The lowest BCUT2D eigenvalue weighted by atomic mass is 9.61. The van der Waals surface area contributed by atoms with Crippen molar-refractivity contribution in [2.75, 3.05) is 71.8 Å². The van der Waals surface area contributed by atoms with Gasteiger partial charge in [-0.1, -0.05) is 48.5 Å². The molecule has 0 spiro atoms. The fraction of sp³-hybridized carbons (Fsp3) is 0.286. The summed E-state index contributed by atoms with van der Waals surface area (Å²) in [5.41, 5.74) is 6.64. The number of hydrogen-bond donors (Lipinski definition) is 4. The molecule has 1 aliphatic carbocycles. The van der Waals surface area contributed by atoms with Gasteiger partial charge in [-0.05, 0) is 56.9 Å². The Balaban J connectivity index is 1.30. The summed E-state index contributed by atoms with van der Waals surface area (Å²) in [4.78, 5) is 34.3. The molecule has 10 nitrogen and oxygen atoms in total. The molecule has 2 heterocycles. The fourth-order valence-electron chi connectivity index (χ4n) is 9.48. The molecule has 2 aliphatic heterocycles. The molecular weight excluding hydrogens is 653 g/mol. The normalized spacial score (nSPS) is 20.9. The van der Waals surface area contributed by atoms with Crippen LogP contribution in [0.3, 0.4) is 0 Å². The molecule has 0 unspecified atom stereocenters.